The molecule has 1 saturated carbocycles. The SMILES string of the molecule is C[C@H](C(=O)NC1CCCC1)[NH+]1CC[NH+](Cc2ccc(Cl)cc2)CC1. The number of carbonyl (C=O) groups excluding carboxylic acids is 1. The molecule has 0 aromatic heterocycles. The van der Waals surface area contributed by atoms with Crippen LogP contribution >= 0.6 is 11.6 Å². The fourth-order valence-corrected chi connectivity index (χ4v) is 4.13. The molecule has 5 heteroatoms. The molecule has 2 aliphatic rings. The van der Waals surface area contributed by atoms with Gasteiger partial charge in [-0.1, -0.05) is 36.6 Å². The third kappa shape index (κ3) is 4.71. The van der Waals surface area contributed by atoms with E-state index in [1.165, 1.54) is 23.3 Å². The van der Waals surface area contributed by atoms with E-state index in [2.05, 4.69) is 24.4 Å². The third-order valence-electron chi connectivity index (χ3n) is 5.67. The van der Waals surface area contributed by atoms with Gasteiger partial charge in [0, 0.05) is 16.6 Å². The van der Waals surface area contributed by atoms with Gasteiger partial charge in [0.05, 0.1) is 0 Å². The van der Waals surface area contributed by atoms with Crippen molar-refractivity contribution >= 4 is 17.5 Å². The lowest BCUT2D eigenvalue weighted by atomic mass is 10.1. The summed E-state index contributed by atoms with van der Waals surface area (Å²) < 4.78 is 0. The molecular weight excluding hydrogens is 322 g/mol. The molecule has 3 rings (SSSR count). The van der Waals surface area contributed by atoms with Crippen molar-refractivity contribution in [2.75, 3.05) is 26.2 Å². The molecule has 0 unspecified atom stereocenters. The molecule has 4 nitrogen and oxygen atoms in total. The first kappa shape index (κ1) is 17.7. The van der Waals surface area contributed by atoms with Crippen LogP contribution in [0.15, 0.2) is 24.3 Å². The maximum Gasteiger partial charge on any atom is 0.278 e. The second-order valence-electron chi connectivity index (χ2n) is 7.42. The van der Waals surface area contributed by atoms with E-state index in [0.29, 0.717) is 6.04 Å². The van der Waals surface area contributed by atoms with Crippen molar-refractivity contribution in [3.8, 4) is 0 Å². The topological polar surface area (TPSA) is 38.0 Å². The van der Waals surface area contributed by atoms with Gasteiger partial charge in [0.1, 0.15) is 32.7 Å². The van der Waals surface area contributed by atoms with E-state index < -0.39 is 0 Å². The van der Waals surface area contributed by atoms with Gasteiger partial charge in [-0.15, -0.1) is 0 Å². The van der Waals surface area contributed by atoms with Crippen LogP contribution in [0.2, 0.25) is 5.02 Å². The summed E-state index contributed by atoms with van der Waals surface area (Å²) in [5.74, 6) is 0.248. The zero-order chi connectivity index (χ0) is 16.9. The number of hydrogen-bond donors (Lipinski definition) is 3. The maximum atomic E-state index is 12.5. The van der Waals surface area contributed by atoms with Crippen LogP contribution in [0.5, 0.6) is 0 Å². The summed E-state index contributed by atoms with van der Waals surface area (Å²) in [5.41, 5.74) is 1.34. The number of carbonyl (C=O) groups is 1. The number of quaternary nitrogens is 2. The second kappa shape index (κ2) is 8.32. The van der Waals surface area contributed by atoms with Gasteiger partial charge in [0.15, 0.2) is 6.04 Å². The second-order valence-corrected chi connectivity index (χ2v) is 7.86. The number of amides is 1. The number of hydrogen-bond acceptors (Lipinski definition) is 1. The van der Waals surface area contributed by atoms with E-state index in [9.17, 15) is 4.79 Å². The van der Waals surface area contributed by atoms with E-state index in [4.69, 9.17) is 11.6 Å². The highest BCUT2D eigenvalue weighted by Crippen LogP contribution is 2.17. The zero-order valence-corrected chi connectivity index (χ0v) is 15.4. The van der Waals surface area contributed by atoms with Gasteiger partial charge in [-0.3, -0.25) is 4.79 Å². The smallest absolute Gasteiger partial charge is 0.278 e. The van der Waals surface area contributed by atoms with Crippen molar-refractivity contribution in [2.45, 2.75) is 51.2 Å². The van der Waals surface area contributed by atoms with Crippen molar-refractivity contribution in [2.24, 2.45) is 0 Å². The molecular formula is C19H30ClN3O+2. The van der Waals surface area contributed by atoms with Crippen LogP contribution < -0.4 is 15.1 Å². The summed E-state index contributed by atoms with van der Waals surface area (Å²) in [6, 6.07) is 8.66. The Morgan fingerprint density at radius 1 is 1.17 bits per heavy atom. The van der Waals surface area contributed by atoms with E-state index in [1.807, 2.05) is 12.1 Å². The number of nitrogens with one attached hydrogen (secondary N) is 3. The molecule has 24 heavy (non-hydrogen) atoms. The quantitative estimate of drug-likeness (QED) is 0.690. The minimum absolute atomic E-state index is 0.0719. The maximum absolute atomic E-state index is 12.5. The molecule has 1 aliphatic heterocycles. The molecule has 3 N–H and O–H groups in total. The van der Waals surface area contributed by atoms with Crippen LogP contribution in [0.3, 0.4) is 0 Å². The lowest BCUT2D eigenvalue weighted by Gasteiger charge is -2.33. The molecule has 1 heterocycles. The van der Waals surface area contributed by atoms with Crippen LogP contribution in [-0.2, 0) is 11.3 Å². The Morgan fingerprint density at radius 2 is 1.79 bits per heavy atom. The lowest BCUT2D eigenvalue weighted by molar-refractivity contribution is -1.02. The van der Waals surface area contributed by atoms with Gasteiger partial charge in [0.25, 0.3) is 5.91 Å². The Labute approximate surface area is 150 Å². The highest BCUT2D eigenvalue weighted by atomic mass is 35.5. The molecule has 0 bridgehead atoms. The third-order valence-corrected chi connectivity index (χ3v) is 5.93. The molecule has 0 radical (unpaired) electrons. The fourth-order valence-electron chi connectivity index (χ4n) is 4.01. The number of piperazine rings is 1. The van der Waals surface area contributed by atoms with Crippen LogP contribution in [0, 0.1) is 0 Å². The van der Waals surface area contributed by atoms with E-state index in [1.54, 1.807) is 4.90 Å². The molecule has 1 aromatic rings. The monoisotopic (exact) mass is 351 g/mol. The predicted molar refractivity (Wildman–Crippen MR) is 96.4 cm³/mol. The molecule has 1 aromatic carbocycles. The molecule has 132 valence electrons. The van der Waals surface area contributed by atoms with E-state index >= 15 is 0 Å². The normalized spacial score (nSPS) is 26.2. The van der Waals surface area contributed by atoms with Gasteiger partial charge < -0.3 is 15.1 Å². The van der Waals surface area contributed by atoms with Crippen LogP contribution in [0.4, 0.5) is 0 Å². The molecule has 1 amide bonds. The first-order valence-electron chi connectivity index (χ1n) is 9.35. The van der Waals surface area contributed by atoms with Crippen molar-refractivity contribution in [1.82, 2.24) is 5.32 Å². The largest absolute Gasteiger partial charge is 0.348 e. The van der Waals surface area contributed by atoms with Crippen LogP contribution in [0.1, 0.15) is 38.2 Å². The summed E-state index contributed by atoms with van der Waals surface area (Å²) >= 11 is 5.95. The molecule has 1 aliphatic carbocycles. The van der Waals surface area contributed by atoms with E-state index in [0.717, 1.165) is 50.6 Å². The summed E-state index contributed by atoms with van der Waals surface area (Å²) in [7, 11) is 0. The van der Waals surface area contributed by atoms with Gasteiger partial charge >= 0.3 is 0 Å². The number of rotatable bonds is 5. The van der Waals surface area contributed by atoms with Crippen molar-refractivity contribution in [3.63, 3.8) is 0 Å². The highest BCUT2D eigenvalue weighted by molar-refractivity contribution is 6.30. The van der Waals surface area contributed by atoms with Crippen molar-refractivity contribution < 1.29 is 14.6 Å². The van der Waals surface area contributed by atoms with Gasteiger partial charge in [-0.2, -0.15) is 0 Å². The Kier molecular flexibility index (Phi) is 6.14. The summed E-state index contributed by atoms with van der Waals surface area (Å²) in [5, 5.41) is 4.05. The van der Waals surface area contributed by atoms with Crippen LogP contribution in [0.25, 0.3) is 0 Å². The van der Waals surface area contributed by atoms with Gasteiger partial charge in [0.2, 0.25) is 0 Å². The molecule has 0 spiro atoms. The Hall–Kier alpha value is -1.10. The first-order chi connectivity index (χ1) is 11.6. The van der Waals surface area contributed by atoms with Gasteiger partial charge in [-0.05, 0) is 31.9 Å². The van der Waals surface area contributed by atoms with Crippen LogP contribution in [-0.4, -0.2) is 44.2 Å². The molecule has 1 saturated heterocycles. The van der Waals surface area contributed by atoms with Crippen molar-refractivity contribution in [3.05, 3.63) is 34.9 Å². The number of halogens is 1. The van der Waals surface area contributed by atoms with Crippen molar-refractivity contribution in [1.29, 1.82) is 0 Å². The summed E-state index contributed by atoms with van der Waals surface area (Å²) in [6.45, 7) is 7.53. The first-order valence-corrected chi connectivity index (χ1v) is 9.72. The molecule has 1 atom stereocenters. The average molecular weight is 352 g/mol. The highest BCUT2D eigenvalue weighted by Gasteiger charge is 2.32. The minimum atomic E-state index is 0.0719. The average Bonchev–Trinajstić information content (AvgIpc) is 3.10. The van der Waals surface area contributed by atoms with E-state index in [-0.39, 0.29) is 11.9 Å². The standard InChI is InChI=1S/C19H28ClN3O/c1-15(19(24)21-18-4-2-3-5-18)23-12-10-22(11-13-23)14-16-6-8-17(20)9-7-16/h6-9,15,18H,2-5,10-14H2,1H3,(H,21,24)/p+2/t15-/m1/s1. The summed E-state index contributed by atoms with van der Waals surface area (Å²) in [6.07, 6.45) is 4.84. The van der Waals surface area contributed by atoms with Gasteiger partial charge in [-0.25, -0.2) is 0 Å². The fraction of sp³-hybridized carbons (Fsp3) is 0.632. The number of benzene rings is 1. The Balaban J connectivity index is 1.43. The molecule has 2 fully saturated rings. The zero-order valence-electron chi connectivity index (χ0n) is 14.6. The lowest BCUT2D eigenvalue weighted by Crippen LogP contribution is -3.29. The Bertz CT molecular complexity index is 534. The predicted octanol–water partition coefficient (Wildman–Crippen LogP) is 0.0707. The Morgan fingerprint density at radius 3 is 2.42 bits per heavy atom. The minimum Gasteiger partial charge on any atom is -0.348 e. The summed E-state index contributed by atoms with van der Waals surface area (Å²) in [4.78, 5) is 15.5.